The molecule has 0 spiro atoms. The standard InChI is InChI=1S/C21H24N4OS/c1-3-6-16-8-10-17(11-9-16)19-14-27-21(24-19)25-20(26)13-23-15(2)18-7-4-5-12-22-18/h4-5,7-12,14-15,23H,3,6,13H2,1-2H3,(H,24,25,26). The number of carbonyl (C=O) groups is 1. The molecule has 1 unspecified atom stereocenters. The van der Waals surface area contributed by atoms with Gasteiger partial charge in [-0.3, -0.25) is 9.78 Å². The Bertz CT molecular complexity index is 861. The number of nitrogens with zero attached hydrogens (tertiary/aromatic N) is 2. The second-order valence-corrected chi connectivity index (χ2v) is 7.25. The van der Waals surface area contributed by atoms with E-state index >= 15 is 0 Å². The molecule has 0 saturated carbocycles. The van der Waals surface area contributed by atoms with E-state index < -0.39 is 0 Å². The highest BCUT2D eigenvalue weighted by Gasteiger charge is 2.11. The van der Waals surface area contributed by atoms with Gasteiger partial charge in [-0.15, -0.1) is 11.3 Å². The maximum atomic E-state index is 12.2. The van der Waals surface area contributed by atoms with Crippen molar-refractivity contribution in [3.63, 3.8) is 0 Å². The lowest BCUT2D eigenvalue weighted by molar-refractivity contribution is -0.115. The number of rotatable bonds is 8. The van der Waals surface area contributed by atoms with Crippen LogP contribution in [0.15, 0.2) is 54.0 Å². The first-order valence-corrected chi connectivity index (χ1v) is 10.0. The molecule has 2 aromatic heterocycles. The zero-order valence-corrected chi connectivity index (χ0v) is 16.4. The van der Waals surface area contributed by atoms with Gasteiger partial charge in [0.2, 0.25) is 5.91 Å². The van der Waals surface area contributed by atoms with Crippen LogP contribution in [-0.4, -0.2) is 22.4 Å². The lowest BCUT2D eigenvalue weighted by atomic mass is 10.1. The number of pyridine rings is 1. The van der Waals surface area contributed by atoms with E-state index in [0.717, 1.165) is 29.8 Å². The van der Waals surface area contributed by atoms with E-state index in [9.17, 15) is 4.79 Å². The Labute approximate surface area is 163 Å². The van der Waals surface area contributed by atoms with Crippen molar-refractivity contribution in [3.8, 4) is 11.3 Å². The molecule has 2 N–H and O–H groups in total. The summed E-state index contributed by atoms with van der Waals surface area (Å²) >= 11 is 1.43. The summed E-state index contributed by atoms with van der Waals surface area (Å²) in [6.07, 6.45) is 3.97. The summed E-state index contributed by atoms with van der Waals surface area (Å²) in [7, 11) is 0. The summed E-state index contributed by atoms with van der Waals surface area (Å²) in [4.78, 5) is 21.0. The van der Waals surface area contributed by atoms with Crippen molar-refractivity contribution < 1.29 is 4.79 Å². The van der Waals surface area contributed by atoms with Gasteiger partial charge in [0.1, 0.15) is 0 Å². The minimum Gasteiger partial charge on any atom is -0.301 e. The van der Waals surface area contributed by atoms with Crippen LogP contribution in [0.1, 0.15) is 37.6 Å². The molecule has 1 amide bonds. The largest absolute Gasteiger partial charge is 0.301 e. The molecule has 1 atom stereocenters. The number of amides is 1. The maximum Gasteiger partial charge on any atom is 0.240 e. The molecule has 140 valence electrons. The predicted octanol–water partition coefficient (Wildman–Crippen LogP) is 4.45. The Kier molecular flexibility index (Phi) is 6.68. The van der Waals surface area contributed by atoms with Crippen molar-refractivity contribution in [2.75, 3.05) is 11.9 Å². The van der Waals surface area contributed by atoms with Crippen LogP contribution in [0.4, 0.5) is 5.13 Å². The minimum absolute atomic E-state index is 0.00504. The van der Waals surface area contributed by atoms with Gasteiger partial charge in [-0.1, -0.05) is 43.7 Å². The summed E-state index contributed by atoms with van der Waals surface area (Å²) in [6.45, 7) is 4.37. The number of thiazole rings is 1. The Morgan fingerprint density at radius 3 is 2.70 bits per heavy atom. The lowest BCUT2D eigenvalue weighted by Crippen LogP contribution is -2.30. The fraction of sp³-hybridized carbons (Fsp3) is 0.286. The Morgan fingerprint density at radius 1 is 1.19 bits per heavy atom. The van der Waals surface area contributed by atoms with Crippen LogP contribution in [-0.2, 0) is 11.2 Å². The molecule has 2 heterocycles. The minimum atomic E-state index is -0.114. The third-order valence-electron chi connectivity index (χ3n) is 4.24. The first-order valence-electron chi connectivity index (χ1n) is 9.14. The SMILES string of the molecule is CCCc1ccc(-c2csc(NC(=O)CNC(C)c3ccccn3)n2)cc1. The fourth-order valence-corrected chi connectivity index (χ4v) is 3.48. The van der Waals surface area contributed by atoms with E-state index in [1.807, 2.05) is 30.5 Å². The second-order valence-electron chi connectivity index (χ2n) is 6.39. The molecule has 0 aliphatic rings. The summed E-state index contributed by atoms with van der Waals surface area (Å²) in [5.74, 6) is -0.114. The molecule has 0 saturated heterocycles. The van der Waals surface area contributed by atoms with Crippen molar-refractivity contribution >= 4 is 22.4 Å². The average Bonchev–Trinajstić information content (AvgIpc) is 3.16. The predicted molar refractivity (Wildman–Crippen MR) is 111 cm³/mol. The third kappa shape index (κ3) is 5.45. The molecule has 6 heteroatoms. The molecule has 3 rings (SSSR count). The Morgan fingerprint density at radius 2 is 2.00 bits per heavy atom. The first-order chi connectivity index (χ1) is 13.2. The van der Waals surface area contributed by atoms with Gasteiger partial charge in [-0.25, -0.2) is 4.98 Å². The molecule has 0 radical (unpaired) electrons. The van der Waals surface area contributed by atoms with Crippen LogP contribution in [0.5, 0.6) is 0 Å². The van der Waals surface area contributed by atoms with Gasteiger partial charge < -0.3 is 10.6 Å². The molecule has 0 aliphatic carbocycles. The summed E-state index contributed by atoms with van der Waals surface area (Å²) in [5, 5.41) is 8.61. The van der Waals surface area contributed by atoms with Crippen LogP contribution in [0.25, 0.3) is 11.3 Å². The smallest absolute Gasteiger partial charge is 0.240 e. The highest BCUT2D eigenvalue weighted by Crippen LogP contribution is 2.25. The number of nitrogens with one attached hydrogen (secondary N) is 2. The van der Waals surface area contributed by atoms with E-state index in [1.165, 1.54) is 16.9 Å². The van der Waals surface area contributed by atoms with Crippen molar-refractivity contribution in [2.45, 2.75) is 32.7 Å². The molecule has 3 aromatic rings. The maximum absolute atomic E-state index is 12.2. The second kappa shape index (κ2) is 9.39. The van der Waals surface area contributed by atoms with Gasteiger partial charge in [0.15, 0.2) is 5.13 Å². The molecular weight excluding hydrogens is 356 g/mol. The van der Waals surface area contributed by atoms with E-state index in [4.69, 9.17) is 0 Å². The first kappa shape index (κ1) is 19.2. The molecule has 27 heavy (non-hydrogen) atoms. The molecular formula is C21H24N4OS. The number of aromatic nitrogens is 2. The number of hydrogen-bond acceptors (Lipinski definition) is 5. The van der Waals surface area contributed by atoms with E-state index in [0.29, 0.717) is 5.13 Å². The molecule has 1 aromatic carbocycles. The van der Waals surface area contributed by atoms with Gasteiger partial charge in [0.05, 0.1) is 17.9 Å². The number of aryl methyl sites for hydroxylation is 1. The zero-order valence-electron chi connectivity index (χ0n) is 15.6. The van der Waals surface area contributed by atoms with Crippen LogP contribution < -0.4 is 10.6 Å². The van der Waals surface area contributed by atoms with E-state index in [2.05, 4.69) is 51.8 Å². The molecule has 0 bridgehead atoms. The molecule has 5 nitrogen and oxygen atoms in total. The van der Waals surface area contributed by atoms with Gasteiger partial charge in [0.25, 0.3) is 0 Å². The highest BCUT2D eigenvalue weighted by molar-refractivity contribution is 7.14. The highest BCUT2D eigenvalue weighted by atomic mass is 32.1. The normalized spacial score (nSPS) is 11.9. The molecule has 0 aliphatic heterocycles. The van der Waals surface area contributed by atoms with Gasteiger partial charge in [0, 0.05) is 23.2 Å². The van der Waals surface area contributed by atoms with Crippen LogP contribution in [0.3, 0.4) is 0 Å². The Balaban J connectivity index is 1.53. The third-order valence-corrected chi connectivity index (χ3v) is 5.00. The Hall–Kier alpha value is -2.57. The quantitative estimate of drug-likeness (QED) is 0.606. The van der Waals surface area contributed by atoms with Crippen LogP contribution in [0.2, 0.25) is 0 Å². The summed E-state index contributed by atoms with van der Waals surface area (Å²) in [5.41, 5.74) is 4.19. The van der Waals surface area contributed by atoms with Crippen molar-refractivity contribution in [2.24, 2.45) is 0 Å². The van der Waals surface area contributed by atoms with Crippen molar-refractivity contribution in [1.29, 1.82) is 0 Å². The summed E-state index contributed by atoms with van der Waals surface area (Å²) in [6, 6.07) is 14.2. The topological polar surface area (TPSA) is 66.9 Å². The number of carbonyl (C=O) groups excluding carboxylic acids is 1. The van der Waals surface area contributed by atoms with Gasteiger partial charge in [-0.2, -0.15) is 0 Å². The van der Waals surface area contributed by atoms with E-state index in [1.54, 1.807) is 6.20 Å². The number of anilines is 1. The lowest BCUT2D eigenvalue weighted by Gasteiger charge is -2.12. The molecule has 0 fully saturated rings. The van der Waals surface area contributed by atoms with Crippen molar-refractivity contribution in [3.05, 3.63) is 65.3 Å². The number of hydrogen-bond donors (Lipinski definition) is 2. The van der Waals surface area contributed by atoms with Gasteiger partial charge in [-0.05, 0) is 31.0 Å². The van der Waals surface area contributed by atoms with Crippen molar-refractivity contribution in [1.82, 2.24) is 15.3 Å². The fourth-order valence-electron chi connectivity index (χ4n) is 2.74. The van der Waals surface area contributed by atoms with E-state index in [-0.39, 0.29) is 18.5 Å². The monoisotopic (exact) mass is 380 g/mol. The van der Waals surface area contributed by atoms with Gasteiger partial charge >= 0.3 is 0 Å². The number of benzene rings is 1. The van der Waals surface area contributed by atoms with Crippen LogP contribution in [0, 0.1) is 0 Å². The average molecular weight is 381 g/mol. The zero-order chi connectivity index (χ0) is 19.1. The summed E-state index contributed by atoms with van der Waals surface area (Å²) < 4.78 is 0. The van der Waals surface area contributed by atoms with Crippen LogP contribution >= 0.6 is 11.3 Å².